The Hall–Kier alpha value is -2.18. The van der Waals surface area contributed by atoms with Gasteiger partial charge in [-0.25, -0.2) is 14.2 Å². The molecule has 3 N–H and O–H groups in total. The number of hydrogen-bond acceptors (Lipinski definition) is 4. The maximum Gasteiger partial charge on any atom is 0.338 e. The zero-order valence-corrected chi connectivity index (χ0v) is 10.2. The lowest BCUT2D eigenvalue weighted by molar-refractivity contribution is -0.122. The number of carbonyl (C=O) groups excluding carboxylic acids is 1. The third kappa shape index (κ3) is 2.64. The summed E-state index contributed by atoms with van der Waals surface area (Å²) in [6, 6.07) is 1.12. The van der Waals surface area contributed by atoms with E-state index in [-0.39, 0.29) is 17.6 Å². The molecule has 102 valence electrons. The number of halogens is 1. The van der Waals surface area contributed by atoms with E-state index >= 15 is 0 Å². The van der Waals surface area contributed by atoms with Gasteiger partial charge in [-0.05, 0) is 18.9 Å². The van der Waals surface area contributed by atoms with Crippen molar-refractivity contribution in [1.29, 1.82) is 0 Å². The topological polar surface area (TPSA) is 96.5 Å². The Bertz CT molecular complexity index is 513. The smallest absolute Gasteiger partial charge is 0.338 e. The van der Waals surface area contributed by atoms with Crippen molar-refractivity contribution in [2.45, 2.75) is 12.8 Å². The normalized spacial score (nSPS) is 16.4. The lowest BCUT2D eigenvalue weighted by Gasteiger charge is -2.31. The number of amides is 1. The highest BCUT2D eigenvalue weighted by molar-refractivity contribution is 5.88. The number of hydrogen-bond donors (Lipinski definition) is 2. The summed E-state index contributed by atoms with van der Waals surface area (Å²) in [4.78, 5) is 27.4. The number of nitrogens with zero attached hydrogens (tertiary/aromatic N) is 2. The minimum atomic E-state index is -1.33. The minimum Gasteiger partial charge on any atom is -0.478 e. The van der Waals surface area contributed by atoms with Crippen LogP contribution in [0.4, 0.5) is 10.2 Å². The molecule has 1 fully saturated rings. The van der Waals surface area contributed by atoms with Crippen LogP contribution in [-0.2, 0) is 4.79 Å². The summed E-state index contributed by atoms with van der Waals surface area (Å²) < 4.78 is 14.0. The highest BCUT2D eigenvalue weighted by Gasteiger charge is 2.26. The van der Waals surface area contributed by atoms with Gasteiger partial charge in [0.05, 0.1) is 0 Å². The number of rotatable bonds is 3. The van der Waals surface area contributed by atoms with Crippen LogP contribution in [0, 0.1) is 11.7 Å². The quantitative estimate of drug-likeness (QED) is 0.836. The first kappa shape index (κ1) is 13.3. The predicted octanol–water partition coefficient (Wildman–Crippen LogP) is 0.621. The molecule has 1 aromatic heterocycles. The number of pyridine rings is 1. The van der Waals surface area contributed by atoms with Crippen molar-refractivity contribution in [3.05, 3.63) is 23.6 Å². The number of carboxylic acid groups (broad SMARTS) is 1. The molecule has 0 spiro atoms. The van der Waals surface area contributed by atoms with Gasteiger partial charge < -0.3 is 15.7 Å². The molecular formula is C12H14FN3O3. The van der Waals surface area contributed by atoms with Crippen LogP contribution >= 0.6 is 0 Å². The van der Waals surface area contributed by atoms with E-state index in [4.69, 9.17) is 10.8 Å². The second kappa shape index (κ2) is 5.21. The van der Waals surface area contributed by atoms with Gasteiger partial charge in [-0.2, -0.15) is 0 Å². The second-order valence-corrected chi connectivity index (χ2v) is 4.46. The number of carboxylic acids is 1. The van der Waals surface area contributed by atoms with E-state index in [1.165, 1.54) is 6.20 Å². The van der Waals surface area contributed by atoms with Crippen LogP contribution in [0.1, 0.15) is 23.2 Å². The average molecular weight is 267 g/mol. The van der Waals surface area contributed by atoms with E-state index in [1.807, 2.05) is 0 Å². The van der Waals surface area contributed by atoms with E-state index in [9.17, 15) is 14.0 Å². The first-order valence-corrected chi connectivity index (χ1v) is 5.92. The van der Waals surface area contributed by atoms with Crippen LogP contribution in [0.5, 0.6) is 0 Å². The molecule has 1 aliphatic rings. The van der Waals surface area contributed by atoms with Gasteiger partial charge in [-0.3, -0.25) is 4.79 Å². The molecule has 0 radical (unpaired) electrons. The van der Waals surface area contributed by atoms with Gasteiger partial charge in [0, 0.05) is 25.2 Å². The van der Waals surface area contributed by atoms with Gasteiger partial charge in [-0.15, -0.1) is 0 Å². The number of aromatic carboxylic acids is 1. The molecule has 19 heavy (non-hydrogen) atoms. The van der Waals surface area contributed by atoms with Crippen molar-refractivity contribution in [1.82, 2.24) is 4.98 Å². The summed E-state index contributed by atoms with van der Waals surface area (Å²) in [6.07, 6.45) is 2.31. The van der Waals surface area contributed by atoms with E-state index in [2.05, 4.69) is 4.98 Å². The first-order chi connectivity index (χ1) is 9.00. The fourth-order valence-corrected chi connectivity index (χ4v) is 2.19. The number of anilines is 1. The van der Waals surface area contributed by atoms with E-state index in [0.717, 1.165) is 6.07 Å². The average Bonchev–Trinajstić information content (AvgIpc) is 2.38. The number of primary amides is 1. The molecule has 0 unspecified atom stereocenters. The van der Waals surface area contributed by atoms with Gasteiger partial charge in [0.25, 0.3) is 0 Å². The first-order valence-electron chi connectivity index (χ1n) is 5.92. The summed E-state index contributed by atoms with van der Waals surface area (Å²) in [6.45, 7) is 0.862. The van der Waals surface area contributed by atoms with E-state index in [0.29, 0.717) is 25.9 Å². The molecular weight excluding hydrogens is 253 g/mol. The van der Waals surface area contributed by atoms with Gasteiger partial charge >= 0.3 is 5.97 Å². The van der Waals surface area contributed by atoms with Gasteiger partial charge in [0.15, 0.2) is 11.6 Å². The molecule has 0 aliphatic carbocycles. The number of nitrogens with two attached hydrogens (primary N) is 1. The van der Waals surface area contributed by atoms with Crippen LogP contribution in [0.3, 0.4) is 0 Å². The zero-order valence-electron chi connectivity index (χ0n) is 10.2. The zero-order chi connectivity index (χ0) is 14.0. The molecule has 7 heteroatoms. The Morgan fingerprint density at radius 3 is 2.58 bits per heavy atom. The Morgan fingerprint density at radius 2 is 2.05 bits per heavy atom. The molecule has 0 aromatic carbocycles. The van der Waals surface area contributed by atoms with Crippen LogP contribution < -0.4 is 10.6 Å². The fourth-order valence-electron chi connectivity index (χ4n) is 2.19. The monoisotopic (exact) mass is 267 g/mol. The number of aromatic nitrogens is 1. The third-order valence-electron chi connectivity index (χ3n) is 3.30. The molecule has 0 saturated carbocycles. The van der Waals surface area contributed by atoms with Crippen LogP contribution in [0.25, 0.3) is 0 Å². The van der Waals surface area contributed by atoms with Crippen molar-refractivity contribution in [3.8, 4) is 0 Å². The summed E-state index contributed by atoms with van der Waals surface area (Å²) in [5.41, 5.74) is 4.82. The van der Waals surface area contributed by atoms with Crippen LogP contribution in [0.15, 0.2) is 12.3 Å². The SMILES string of the molecule is NC(=O)C1CCN(c2nccc(C(=O)O)c2F)CC1. The Morgan fingerprint density at radius 1 is 1.42 bits per heavy atom. The van der Waals surface area contributed by atoms with Crippen molar-refractivity contribution >= 4 is 17.7 Å². The lowest BCUT2D eigenvalue weighted by atomic mass is 9.96. The van der Waals surface area contributed by atoms with Crippen LogP contribution in [-0.4, -0.2) is 35.1 Å². The summed E-state index contributed by atoms with van der Waals surface area (Å²) in [7, 11) is 0. The third-order valence-corrected chi connectivity index (χ3v) is 3.30. The van der Waals surface area contributed by atoms with E-state index < -0.39 is 17.3 Å². The van der Waals surface area contributed by atoms with Crippen molar-refractivity contribution < 1.29 is 19.1 Å². The molecule has 2 rings (SSSR count). The Balaban J connectivity index is 2.18. The molecule has 0 atom stereocenters. The standard InChI is InChI=1S/C12H14FN3O3/c13-9-8(12(18)19)1-4-15-11(9)16-5-2-7(3-6-16)10(14)17/h1,4,7H,2-3,5-6H2,(H2,14,17)(H,18,19). The number of piperidine rings is 1. The van der Waals surface area contributed by atoms with Crippen molar-refractivity contribution in [3.63, 3.8) is 0 Å². The maximum absolute atomic E-state index is 14.0. The van der Waals surface area contributed by atoms with Crippen molar-refractivity contribution in [2.75, 3.05) is 18.0 Å². The van der Waals surface area contributed by atoms with Crippen molar-refractivity contribution in [2.24, 2.45) is 11.7 Å². The highest BCUT2D eigenvalue weighted by atomic mass is 19.1. The Labute approximate surface area is 109 Å². The highest BCUT2D eigenvalue weighted by Crippen LogP contribution is 2.25. The lowest BCUT2D eigenvalue weighted by Crippen LogP contribution is -2.39. The fraction of sp³-hybridized carbons (Fsp3) is 0.417. The summed E-state index contributed by atoms with van der Waals surface area (Å²) >= 11 is 0. The summed E-state index contributed by atoms with van der Waals surface area (Å²) in [5.74, 6) is -2.71. The molecule has 1 aliphatic heterocycles. The van der Waals surface area contributed by atoms with E-state index in [1.54, 1.807) is 4.90 Å². The molecule has 2 heterocycles. The minimum absolute atomic E-state index is 0.0165. The molecule has 1 aromatic rings. The maximum atomic E-state index is 14.0. The van der Waals surface area contributed by atoms with Gasteiger partial charge in [-0.1, -0.05) is 0 Å². The van der Waals surface area contributed by atoms with Gasteiger partial charge in [0.2, 0.25) is 5.91 Å². The molecule has 0 bridgehead atoms. The number of carbonyl (C=O) groups is 2. The Kier molecular flexibility index (Phi) is 3.64. The molecule has 1 saturated heterocycles. The summed E-state index contributed by atoms with van der Waals surface area (Å²) in [5, 5.41) is 8.86. The largest absolute Gasteiger partial charge is 0.478 e. The predicted molar refractivity (Wildman–Crippen MR) is 65.3 cm³/mol. The molecule has 1 amide bonds. The van der Waals surface area contributed by atoms with Crippen LogP contribution in [0.2, 0.25) is 0 Å². The molecule has 6 nitrogen and oxygen atoms in total. The second-order valence-electron chi connectivity index (χ2n) is 4.46. The van der Waals surface area contributed by atoms with Gasteiger partial charge in [0.1, 0.15) is 5.56 Å².